The predicted octanol–water partition coefficient (Wildman–Crippen LogP) is 3.16. The lowest BCUT2D eigenvalue weighted by Crippen LogP contribution is -2.50. The van der Waals surface area contributed by atoms with Crippen molar-refractivity contribution in [1.82, 2.24) is 14.1 Å². The van der Waals surface area contributed by atoms with Crippen molar-refractivity contribution in [2.75, 3.05) is 56.2 Å². The van der Waals surface area contributed by atoms with Crippen LogP contribution in [0.1, 0.15) is 20.8 Å². The van der Waals surface area contributed by atoms with Crippen LogP contribution in [0.4, 0.5) is 16.3 Å². The number of carbonyl (C=O) groups excluding carboxylic acids is 1. The van der Waals surface area contributed by atoms with Crippen molar-refractivity contribution < 1.29 is 22.7 Å². The van der Waals surface area contributed by atoms with Gasteiger partial charge in [0.1, 0.15) is 18.0 Å². The highest BCUT2D eigenvalue weighted by Crippen LogP contribution is 2.35. The molecule has 1 fully saturated rings. The monoisotopic (exact) mass is 513 g/mol. The number of hydrogen-bond donors (Lipinski definition) is 0. The first-order valence-corrected chi connectivity index (χ1v) is 13.4. The zero-order valence-corrected chi connectivity index (χ0v) is 21.8. The average Bonchev–Trinajstić information content (AvgIpc) is 3.24. The van der Waals surface area contributed by atoms with Crippen LogP contribution in [0.15, 0.2) is 47.4 Å². The smallest absolute Gasteiger partial charge is 0.410 e. The molecule has 2 aliphatic rings. The number of aromatic nitrogens is 2. The summed E-state index contributed by atoms with van der Waals surface area (Å²) in [6.07, 6.45) is -0.347. The number of piperazine rings is 1. The number of fused-ring (bicyclic) bond motifs is 2. The number of rotatable bonds is 3. The molecule has 0 saturated carbocycles. The molecule has 10 nitrogen and oxygen atoms in total. The van der Waals surface area contributed by atoms with Gasteiger partial charge in [-0.15, -0.1) is 5.10 Å². The number of anilines is 2. The highest BCUT2D eigenvalue weighted by atomic mass is 32.2. The largest absolute Gasteiger partial charge is 0.490 e. The van der Waals surface area contributed by atoms with Gasteiger partial charge in [-0.05, 0) is 45.0 Å². The van der Waals surface area contributed by atoms with E-state index in [1.165, 1.54) is 0 Å². The summed E-state index contributed by atoms with van der Waals surface area (Å²) < 4.78 is 39.8. The Morgan fingerprint density at radius 2 is 1.75 bits per heavy atom. The molecule has 5 rings (SSSR count). The molecule has 1 aromatic heterocycles. The van der Waals surface area contributed by atoms with Gasteiger partial charge in [0.05, 0.1) is 22.6 Å². The second kappa shape index (κ2) is 8.88. The number of ether oxygens (including phenoxy) is 2. The van der Waals surface area contributed by atoms with Crippen molar-refractivity contribution in [2.45, 2.75) is 31.3 Å². The maximum Gasteiger partial charge on any atom is 0.410 e. The molecule has 192 valence electrons. The van der Waals surface area contributed by atoms with E-state index in [-0.39, 0.29) is 11.0 Å². The third kappa shape index (κ3) is 4.43. The summed E-state index contributed by atoms with van der Waals surface area (Å²) in [6.45, 7) is 8.70. The third-order valence-corrected chi connectivity index (χ3v) is 7.90. The summed E-state index contributed by atoms with van der Waals surface area (Å²) in [7, 11) is -2.03. The molecule has 0 spiro atoms. The molecule has 36 heavy (non-hydrogen) atoms. The number of hydrogen-bond acceptors (Lipinski definition) is 8. The zero-order chi connectivity index (χ0) is 25.7. The fourth-order valence-corrected chi connectivity index (χ4v) is 5.76. The van der Waals surface area contributed by atoms with Crippen molar-refractivity contribution in [3.05, 3.63) is 42.5 Å². The summed E-state index contributed by atoms with van der Waals surface area (Å²) in [6, 6.07) is 12.2. The lowest BCUT2D eigenvalue weighted by Gasteiger charge is -2.35. The molecule has 3 heterocycles. The summed E-state index contributed by atoms with van der Waals surface area (Å²) in [5.41, 5.74) is 0.793. The van der Waals surface area contributed by atoms with Crippen LogP contribution in [-0.2, 0) is 14.8 Å². The fraction of sp³-hybridized carbons (Fsp3) is 0.440. The van der Waals surface area contributed by atoms with Crippen molar-refractivity contribution in [2.24, 2.45) is 0 Å². The Morgan fingerprint density at radius 3 is 2.47 bits per heavy atom. The molecule has 0 aliphatic carbocycles. The maximum absolute atomic E-state index is 13.7. The van der Waals surface area contributed by atoms with E-state index in [1.54, 1.807) is 35.2 Å². The molecule has 0 unspecified atom stereocenters. The molecule has 1 amide bonds. The number of nitrogens with zero attached hydrogens (tertiary/aromatic N) is 5. The topological polar surface area (TPSA) is 97.2 Å². The van der Waals surface area contributed by atoms with Crippen LogP contribution < -0.4 is 14.5 Å². The fourth-order valence-electron chi connectivity index (χ4n) is 4.47. The van der Waals surface area contributed by atoms with Crippen LogP contribution in [0.25, 0.3) is 10.9 Å². The standard InChI is InChI=1S/C25H31N5O5S/c1-25(2,3)35-24(31)29-13-11-28(12-14-29)23-19-7-5-6-8-20(19)30(26-23)36(32,33)18-9-10-21-22(17-18)34-16-15-27(21)4/h5-10,17H,11-16H2,1-4H3. The second-order valence-corrected chi connectivity index (χ2v) is 11.8. The second-order valence-electron chi connectivity index (χ2n) is 10.0. The molecular weight excluding hydrogens is 482 g/mol. The molecule has 1 saturated heterocycles. The van der Waals surface area contributed by atoms with Crippen LogP contribution in [0.5, 0.6) is 5.75 Å². The van der Waals surface area contributed by atoms with Crippen LogP contribution in [0.3, 0.4) is 0 Å². The maximum atomic E-state index is 13.7. The Morgan fingerprint density at radius 1 is 1.03 bits per heavy atom. The number of benzene rings is 2. The van der Waals surface area contributed by atoms with Crippen molar-refractivity contribution in [1.29, 1.82) is 0 Å². The van der Waals surface area contributed by atoms with Gasteiger partial charge in [0, 0.05) is 44.7 Å². The Balaban J connectivity index is 1.45. The van der Waals surface area contributed by atoms with E-state index < -0.39 is 15.6 Å². The number of carbonyl (C=O) groups is 1. The van der Waals surface area contributed by atoms with Crippen molar-refractivity contribution in [3.8, 4) is 5.75 Å². The molecule has 2 aliphatic heterocycles. The highest BCUT2D eigenvalue weighted by molar-refractivity contribution is 7.90. The summed E-state index contributed by atoms with van der Waals surface area (Å²) in [5, 5.41) is 5.32. The van der Waals surface area contributed by atoms with Gasteiger partial charge in [-0.25, -0.2) is 4.79 Å². The molecule has 0 bridgehead atoms. The minimum absolute atomic E-state index is 0.117. The summed E-state index contributed by atoms with van der Waals surface area (Å²) >= 11 is 0. The van der Waals surface area contributed by atoms with E-state index in [0.717, 1.165) is 21.7 Å². The minimum atomic E-state index is -3.98. The van der Waals surface area contributed by atoms with E-state index in [4.69, 9.17) is 9.47 Å². The molecule has 3 aromatic rings. The molecule has 0 atom stereocenters. The molecule has 0 N–H and O–H groups in total. The van der Waals surface area contributed by atoms with Gasteiger partial charge in [0.15, 0.2) is 5.82 Å². The van der Waals surface area contributed by atoms with E-state index in [2.05, 4.69) is 5.10 Å². The average molecular weight is 514 g/mol. The van der Waals surface area contributed by atoms with Crippen LogP contribution in [-0.4, -0.2) is 80.6 Å². The molecule has 2 aromatic carbocycles. The van der Waals surface area contributed by atoms with E-state index >= 15 is 0 Å². The van der Waals surface area contributed by atoms with Crippen LogP contribution in [0, 0.1) is 0 Å². The molecule has 11 heteroatoms. The first kappa shape index (κ1) is 24.2. The van der Waals surface area contributed by atoms with Crippen LogP contribution in [0.2, 0.25) is 0 Å². The van der Waals surface area contributed by atoms with Gasteiger partial charge in [0.25, 0.3) is 10.0 Å². The summed E-state index contributed by atoms with van der Waals surface area (Å²) in [4.78, 5) is 18.3. The molecule has 0 radical (unpaired) electrons. The highest BCUT2D eigenvalue weighted by Gasteiger charge is 2.30. The lowest BCUT2D eigenvalue weighted by molar-refractivity contribution is 0.0240. The summed E-state index contributed by atoms with van der Waals surface area (Å²) in [5.74, 6) is 1.12. The van der Waals surface area contributed by atoms with Gasteiger partial charge in [-0.1, -0.05) is 12.1 Å². The quantitative estimate of drug-likeness (QED) is 0.527. The van der Waals surface area contributed by atoms with Crippen LogP contribution >= 0.6 is 0 Å². The van der Waals surface area contributed by atoms with E-state index in [9.17, 15) is 13.2 Å². The zero-order valence-electron chi connectivity index (χ0n) is 21.0. The Bertz CT molecular complexity index is 1400. The molecular formula is C25H31N5O5S. The third-order valence-electron chi connectivity index (χ3n) is 6.32. The lowest BCUT2D eigenvalue weighted by atomic mass is 10.2. The number of para-hydroxylation sites is 1. The Hall–Kier alpha value is -3.47. The Labute approximate surface area is 211 Å². The number of likely N-dealkylation sites (N-methyl/N-ethyl adjacent to an activating group) is 1. The predicted molar refractivity (Wildman–Crippen MR) is 138 cm³/mol. The normalized spacial score (nSPS) is 16.6. The van der Waals surface area contributed by atoms with Gasteiger partial charge < -0.3 is 24.2 Å². The van der Waals surface area contributed by atoms with E-state index in [1.807, 2.05) is 49.8 Å². The van der Waals surface area contributed by atoms with E-state index in [0.29, 0.717) is 49.9 Å². The first-order valence-electron chi connectivity index (χ1n) is 12.0. The van der Waals surface area contributed by atoms with Gasteiger partial charge in [0.2, 0.25) is 0 Å². The van der Waals surface area contributed by atoms with Crippen molar-refractivity contribution >= 4 is 38.5 Å². The van der Waals surface area contributed by atoms with Gasteiger partial charge >= 0.3 is 6.09 Å². The number of amides is 1. The Kier molecular flexibility index (Phi) is 5.98. The van der Waals surface area contributed by atoms with Crippen molar-refractivity contribution in [3.63, 3.8) is 0 Å². The van der Waals surface area contributed by atoms with Gasteiger partial charge in [-0.3, -0.25) is 0 Å². The van der Waals surface area contributed by atoms with Gasteiger partial charge in [-0.2, -0.15) is 12.5 Å². The first-order chi connectivity index (χ1) is 17.0. The minimum Gasteiger partial charge on any atom is -0.490 e. The SMILES string of the molecule is CN1CCOc2cc(S(=O)(=O)n3nc(N4CCN(C(=O)OC(C)(C)C)CC4)c4ccccc43)ccc21.